The van der Waals surface area contributed by atoms with Gasteiger partial charge in [0.05, 0.1) is 20.8 Å². The molecule has 24 heavy (non-hydrogen) atoms. The summed E-state index contributed by atoms with van der Waals surface area (Å²) in [4.78, 5) is 15.9. The third-order valence-electron chi connectivity index (χ3n) is 3.25. The molecular formula is C19H20N2OS2. The number of thiazole rings is 1. The van der Waals surface area contributed by atoms with Crippen molar-refractivity contribution in [3.05, 3.63) is 66.2 Å². The molecule has 1 heterocycles. The van der Waals surface area contributed by atoms with Gasteiger partial charge in [-0.1, -0.05) is 60.7 Å². The largest absolute Gasteiger partial charge is 0.368 e. The number of amides is 1. The van der Waals surface area contributed by atoms with Crippen LogP contribution >= 0.6 is 24.0 Å². The first kappa shape index (κ1) is 18.2. The Hall–Kier alpha value is -2.11. The molecule has 1 amide bonds. The number of thiol groups is 1. The van der Waals surface area contributed by atoms with Crippen LogP contribution in [0.5, 0.6) is 0 Å². The standard InChI is InChI=1S/C15H11NS.C4H9NOS/c1-3-7-12(8-4-1)14-15(17-11-16-14)13-9-5-2-6-10-13;1-4(2,7)3(5)6/h1-11H;7H,1-2H3,(H2,5,6). The smallest absolute Gasteiger partial charge is 0.232 e. The molecule has 0 saturated heterocycles. The molecule has 0 unspecified atom stereocenters. The van der Waals surface area contributed by atoms with E-state index in [9.17, 15) is 4.79 Å². The van der Waals surface area contributed by atoms with Gasteiger partial charge in [0.2, 0.25) is 5.91 Å². The van der Waals surface area contributed by atoms with Crippen LogP contribution < -0.4 is 5.73 Å². The molecule has 0 aliphatic rings. The van der Waals surface area contributed by atoms with Crippen molar-refractivity contribution in [1.82, 2.24) is 4.98 Å². The molecule has 0 atom stereocenters. The molecule has 0 saturated carbocycles. The van der Waals surface area contributed by atoms with Gasteiger partial charge in [0.1, 0.15) is 0 Å². The van der Waals surface area contributed by atoms with E-state index in [1.165, 1.54) is 16.0 Å². The van der Waals surface area contributed by atoms with Gasteiger partial charge < -0.3 is 5.73 Å². The Bertz CT molecular complexity index is 724. The third-order valence-corrected chi connectivity index (χ3v) is 4.35. The van der Waals surface area contributed by atoms with Crippen molar-refractivity contribution in [3.8, 4) is 21.7 Å². The summed E-state index contributed by atoms with van der Waals surface area (Å²) >= 11 is 5.56. The first-order chi connectivity index (χ1) is 11.4. The van der Waals surface area contributed by atoms with Crippen molar-refractivity contribution in [2.45, 2.75) is 18.6 Å². The molecule has 0 fully saturated rings. The van der Waals surface area contributed by atoms with E-state index in [1.54, 1.807) is 25.2 Å². The molecule has 0 bridgehead atoms. The van der Waals surface area contributed by atoms with Gasteiger partial charge in [0.25, 0.3) is 0 Å². The van der Waals surface area contributed by atoms with E-state index in [0.29, 0.717) is 0 Å². The molecule has 0 radical (unpaired) electrons. The number of hydrogen-bond donors (Lipinski definition) is 2. The van der Waals surface area contributed by atoms with Crippen LogP contribution in [0, 0.1) is 0 Å². The van der Waals surface area contributed by atoms with Gasteiger partial charge in [0, 0.05) is 5.56 Å². The number of primary amides is 1. The second kappa shape index (κ2) is 8.13. The monoisotopic (exact) mass is 356 g/mol. The summed E-state index contributed by atoms with van der Waals surface area (Å²) in [7, 11) is 0. The third kappa shape index (κ3) is 4.94. The highest BCUT2D eigenvalue weighted by Crippen LogP contribution is 2.34. The minimum atomic E-state index is -0.667. The van der Waals surface area contributed by atoms with E-state index in [2.05, 4.69) is 54.0 Å². The van der Waals surface area contributed by atoms with Gasteiger partial charge in [-0.05, 0) is 19.4 Å². The van der Waals surface area contributed by atoms with Crippen molar-refractivity contribution >= 4 is 29.9 Å². The lowest BCUT2D eigenvalue weighted by molar-refractivity contribution is -0.119. The van der Waals surface area contributed by atoms with Crippen molar-refractivity contribution in [3.63, 3.8) is 0 Å². The van der Waals surface area contributed by atoms with Crippen LogP contribution in [0.3, 0.4) is 0 Å². The second-order valence-electron chi connectivity index (χ2n) is 5.69. The first-order valence-corrected chi connectivity index (χ1v) is 8.79. The normalized spacial score (nSPS) is 10.6. The number of hydrogen-bond acceptors (Lipinski definition) is 4. The van der Waals surface area contributed by atoms with Gasteiger partial charge in [-0.2, -0.15) is 12.6 Å². The summed E-state index contributed by atoms with van der Waals surface area (Å²) in [6.45, 7) is 3.30. The fourth-order valence-electron chi connectivity index (χ4n) is 1.84. The molecule has 0 spiro atoms. The summed E-state index contributed by atoms with van der Waals surface area (Å²) in [5, 5.41) is 0. The van der Waals surface area contributed by atoms with Crippen LogP contribution in [0.25, 0.3) is 21.7 Å². The number of rotatable bonds is 3. The van der Waals surface area contributed by atoms with Crippen LogP contribution in [0.2, 0.25) is 0 Å². The van der Waals surface area contributed by atoms with Crippen LogP contribution in [-0.2, 0) is 4.79 Å². The zero-order valence-corrected chi connectivity index (χ0v) is 15.4. The number of aromatic nitrogens is 1. The number of carbonyl (C=O) groups excluding carboxylic acids is 1. The van der Waals surface area contributed by atoms with Crippen molar-refractivity contribution in [2.75, 3.05) is 0 Å². The van der Waals surface area contributed by atoms with Crippen molar-refractivity contribution in [2.24, 2.45) is 5.73 Å². The summed E-state index contributed by atoms with van der Waals surface area (Å²) < 4.78 is -0.667. The lowest BCUT2D eigenvalue weighted by Gasteiger charge is -2.09. The maximum Gasteiger partial charge on any atom is 0.232 e. The van der Waals surface area contributed by atoms with Gasteiger partial charge >= 0.3 is 0 Å². The highest BCUT2D eigenvalue weighted by atomic mass is 32.1. The zero-order chi connectivity index (χ0) is 17.6. The van der Waals surface area contributed by atoms with Gasteiger partial charge in [-0.15, -0.1) is 11.3 Å². The summed E-state index contributed by atoms with van der Waals surface area (Å²) in [6.07, 6.45) is 0. The number of benzene rings is 2. The van der Waals surface area contributed by atoms with Gasteiger partial charge in [-0.3, -0.25) is 4.79 Å². The molecule has 3 aromatic rings. The Morgan fingerprint density at radius 3 is 1.92 bits per heavy atom. The van der Waals surface area contributed by atoms with Crippen LogP contribution in [-0.4, -0.2) is 15.6 Å². The van der Waals surface area contributed by atoms with E-state index in [4.69, 9.17) is 5.73 Å². The summed E-state index contributed by atoms with van der Waals surface area (Å²) in [5.41, 5.74) is 10.2. The van der Waals surface area contributed by atoms with E-state index < -0.39 is 10.7 Å². The first-order valence-electron chi connectivity index (χ1n) is 7.46. The fourth-order valence-corrected chi connectivity index (χ4v) is 2.66. The molecule has 124 valence electrons. The Labute approximate surface area is 152 Å². The molecule has 0 aliphatic heterocycles. The Morgan fingerprint density at radius 2 is 1.46 bits per heavy atom. The van der Waals surface area contributed by atoms with Crippen LogP contribution in [0.15, 0.2) is 66.2 Å². The average Bonchev–Trinajstić information content (AvgIpc) is 3.06. The Balaban J connectivity index is 0.000000256. The van der Waals surface area contributed by atoms with E-state index in [-0.39, 0.29) is 0 Å². The number of nitrogens with two attached hydrogens (primary N) is 1. The maximum absolute atomic E-state index is 10.2. The molecule has 2 aromatic carbocycles. The van der Waals surface area contributed by atoms with Crippen LogP contribution in [0.1, 0.15) is 13.8 Å². The minimum absolute atomic E-state index is 0.393. The maximum atomic E-state index is 10.2. The molecule has 3 rings (SSSR count). The second-order valence-corrected chi connectivity index (χ2v) is 7.66. The topological polar surface area (TPSA) is 56.0 Å². The summed E-state index contributed by atoms with van der Waals surface area (Å²) in [6, 6.07) is 20.7. The zero-order valence-electron chi connectivity index (χ0n) is 13.6. The number of nitrogens with zero attached hydrogens (tertiary/aromatic N) is 1. The molecule has 2 N–H and O–H groups in total. The molecule has 3 nitrogen and oxygen atoms in total. The Morgan fingerprint density at radius 1 is 1.00 bits per heavy atom. The fraction of sp³-hybridized carbons (Fsp3) is 0.158. The summed E-state index contributed by atoms with van der Waals surface area (Å²) in [5.74, 6) is -0.393. The molecule has 5 heteroatoms. The van der Waals surface area contributed by atoms with E-state index in [1.807, 2.05) is 29.8 Å². The highest BCUT2D eigenvalue weighted by molar-refractivity contribution is 7.82. The average molecular weight is 357 g/mol. The Kier molecular flexibility index (Phi) is 6.17. The number of carbonyl (C=O) groups is 1. The molecule has 0 aliphatic carbocycles. The minimum Gasteiger partial charge on any atom is -0.368 e. The van der Waals surface area contributed by atoms with Crippen molar-refractivity contribution < 1.29 is 4.79 Å². The van der Waals surface area contributed by atoms with Gasteiger partial charge in [-0.25, -0.2) is 4.98 Å². The molecule has 1 aromatic heterocycles. The molecular weight excluding hydrogens is 336 g/mol. The lowest BCUT2D eigenvalue weighted by atomic mass is 10.1. The van der Waals surface area contributed by atoms with Gasteiger partial charge in [0.15, 0.2) is 0 Å². The SMILES string of the molecule is CC(C)(S)C(N)=O.c1ccc(-c2ncsc2-c2ccccc2)cc1. The highest BCUT2D eigenvalue weighted by Gasteiger charge is 2.17. The van der Waals surface area contributed by atoms with E-state index >= 15 is 0 Å². The lowest BCUT2D eigenvalue weighted by Crippen LogP contribution is -2.32. The quantitative estimate of drug-likeness (QED) is 0.671. The predicted molar refractivity (Wildman–Crippen MR) is 105 cm³/mol. The van der Waals surface area contributed by atoms with E-state index in [0.717, 1.165) is 5.69 Å². The predicted octanol–water partition coefficient (Wildman–Crippen LogP) is 4.66. The van der Waals surface area contributed by atoms with Crippen LogP contribution in [0.4, 0.5) is 0 Å². The van der Waals surface area contributed by atoms with Crippen molar-refractivity contribution in [1.29, 1.82) is 0 Å².